The molecule has 0 bridgehead atoms. The Morgan fingerprint density at radius 2 is 2.11 bits per heavy atom. The Hall–Kier alpha value is -1.25. The molecule has 1 fully saturated rings. The van der Waals surface area contributed by atoms with E-state index in [0.717, 1.165) is 37.1 Å². The molecule has 18 heavy (non-hydrogen) atoms. The molecule has 0 radical (unpaired) electrons. The molecule has 0 aliphatic heterocycles. The summed E-state index contributed by atoms with van der Waals surface area (Å²) in [4.78, 5) is 7.16. The quantitative estimate of drug-likeness (QED) is 0.761. The maximum Gasteiger partial charge on any atom is 0.130 e. The van der Waals surface area contributed by atoms with E-state index in [1.165, 1.54) is 25.8 Å². The lowest BCUT2D eigenvalue weighted by Crippen LogP contribution is -2.27. The van der Waals surface area contributed by atoms with E-state index in [4.69, 9.17) is 4.98 Å². The molecule has 0 unspecified atom stereocenters. The van der Waals surface area contributed by atoms with E-state index in [1.54, 1.807) is 0 Å². The van der Waals surface area contributed by atoms with E-state index in [1.807, 2.05) is 0 Å². The maximum absolute atomic E-state index is 4.72. The number of anilines is 2. The SMILES string of the molecule is CCCNc1cccc(N(CCC)CC2CC2)n1. The Kier molecular flexibility index (Phi) is 4.85. The normalized spacial score (nSPS) is 14.6. The van der Waals surface area contributed by atoms with Crippen molar-refractivity contribution in [3.8, 4) is 0 Å². The summed E-state index contributed by atoms with van der Waals surface area (Å²) in [6, 6.07) is 6.30. The number of aromatic nitrogens is 1. The lowest BCUT2D eigenvalue weighted by atomic mass is 10.3. The van der Waals surface area contributed by atoms with Crippen molar-refractivity contribution in [2.24, 2.45) is 5.92 Å². The summed E-state index contributed by atoms with van der Waals surface area (Å²) in [7, 11) is 0. The van der Waals surface area contributed by atoms with Gasteiger partial charge in [0.1, 0.15) is 11.6 Å². The molecule has 0 atom stereocenters. The van der Waals surface area contributed by atoms with Gasteiger partial charge in [-0.3, -0.25) is 0 Å². The fraction of sp³-hybridized carbons (Fsp3) is 0.667. The van der Waals surface area contributed by atoms with Gasteiger partial charge >= 0.3 is 0 Å². The number of hydrogen-bond donors (Lipinski definition) is 1. The molecule has 1 aromatic heterocycles. The molecule has 100 valence electrons. The third-order valence-corrected chi connectivity index (χ3v) is 3.28. The lowest BCUT2D eigenvalue weighted by Gasteiger charge is -2.23. The average Bonchev–Trinajstić information content (AvgIpc) is 3.20. The van der Waals surface area contributed by atoms with Gasteiger partial charge in [-0.25, -0.2) is 4.98 Å². The first kappa shape index (κ1) is 13.2. The minimum atomic E-state index is 0.908. The number of rotatable bonds is 8. The van der Waals surface area contributed by atoms with Gasteiger partial charge < -0.3 is 10.2 Å². The van der Waals surface area contributed by atoms with Crippen LogP contribution in [0.1, 0.15) is 39.5 Å². The van der Waals surface area contributed by atoms with Gasteiger partial charge in [0.25, 0.3) is 0 Å². The molecule has 0 aromatic carbocycles. The molecular weight excluding hydrogens is 222 g/mol. The van der Waals surface area contributed by atoms with Crippen LogP contribution in [0.5, 0.6) is 0 Å². The molecule has 1 saturated carbocycles. The highest BCUT2D eigenvalue weighted by atomic mass is 15.2. The predicted molar refractivity (Wildman–Crippen MR) is 78.2 cm³/mol. The first-order valence-corrected chi connectivity index (χ1v) is 7.29. The minimum absolute atomic E-state index is 0.908. The molecular formula is C15H25N3. The zero-order valence-corrected chi connectivity index (χ0v) is 11.7. The molecule has 1 aliphatic carbocycles. The number of pyridine rings is 1. The Bertz CT molecular complexity index is 361. The second-order valence-corrected chi connectivity index (χ2v) is 5.20. The van der Waals surface area contributed by atoms with Crippen molar-refractivity contribution in [3.63, 3.8) is 0 Å². The molecule has 3 heteroatoms. The van der Waals surface area contributed by atoms with Crippen LogP contribution in [0.2, 0.25) is 0 Å². The topological polar surface area (TPSA) is 28.2 Å². The second-order valence-electron chi connectivity index (χ2n) is 5.20. The number of nitrogens with one attached hydrogen (secondary N) is 1. The van der Waals surface area contributed by atoms with E-state index in [0.29, 0.717) is 0 Å². The zero-order valence-electron chi connectivity index (χ0n) is 11.7. The van der Waals surface area contributed by atoms with Crippen molar-refractivity contribution in [2.75, 3.05) is 29.9 Å². The largest absolute Gasteiger partial charge is 0.370 e. The van der Waals surface area contributed by atoms with Crippen LogP contribution < -0.4 is 10.2 Å². The van der Waals surface area contributed by atoms with Gasteiger partial charge in [0, 0.05) is 19.6 Å². The van der Waals surface area contributed by atoms with E-state index >= 15 is 0 Å². The Balaban J connectivity index is 2.02. The molecule has 1 aromatic rings. The molecule has 3 nitrogen and oxygen atoms in total. The van der Waals surface area contributed by atoms with E-state index in [9.17, 15) is 0 Å². The van der Waals surface area contributed by atoms with Crippen molar-refractivity contribution in [3.05, 3.63) is 18.2 Å². The van der Waals surface area contributed by atoms with E-state index in [-0.39, 0.29) is 0 Å². The van der Waals surface area contributed by atoms with Crippen LogP contribution in [0.25, 0.3) is 0 Å². The monoisotopic (exact) mass is 247 g/mol. The molecule has 0 spiro atoms. The summed E-state index contributed by atoms with van der Waals surface area (Å²) >= 11 is 0. The maximum atomic E-state index is 4.72. The van der Waals surface area contributed by atoms with Crippen LogP contribution in [0.15, 0.2) is 18.2 Å². The van der Waals surface area contributed by atoms with Gasteiger partial charge in [0.05, 0.1) is 0 Å². The second kappa shape index (κ2) is 6.62. The van der Waals surface area contributed by atoms with Crippen LogP contribution in [0.3, 0.4) is 0 Å². The lowest BCUT2D eigenvalue weighted by molar-refractivity contribution is 0.699. The standard InChI is InChI=1S/C15H25N3/c1-3-10-16-14-6-5-7-15(17-14)18(11-4-2)12-13-8-9-13/h5-7,13H,3-4,8-12H2,1-2H3,(H,16,17). The van der Waals surface area contributed by atoms with Gasteiger partial charge in [-0.2, -0.15) is 0 Å². The summed E-state index contributed by atoms with van der Waals surface area (Å²) in [6.07, 6.45) is 5.11. The van der Waals surface area contributed by atoms with Gasteiger partial charge in [-0.15, -0.1) is 0 Å². The zero-order chi connectivity index (χ0) is 12.8. The summed E-state index contributed by atoms with van der Waals surface area (Å²) in [5, 5.41) is 3.36. The Morgan fingerprint density at radius 1 is 1.28 bits per heavy atom. The van der Waals surface area contributed by atoms with E-state index in [2.05, 4.69) is 42.3 Å². The third-order valence-electron chi connectivity index (χ3n) is 3.28. The average molecular weight is 247 g/mol. The number of hydrogen-bond acceptors (Lipinski definition) is 3. The minimum Gasteiger partial charge on any atom is -0.370 e. The van der Waals surface area contributed by atoms with Gasteiger partial charge in [0.15, 0.2) is 0 Å². The Labute approximate surface area is 111 Å². The van der Waals surface area contributed by atoms with Gasteiger partial charge in [0.2, 0.25) is 0 Å². The van der Waals surface area contributed by atoms with Crippen LogP contribution in [0.4, 0.5) is 11.6 Å². The van der Waals surface area contributed by atoms with Gasteiger partial charge in [-0.05, 0) is 43.7 Å². The van der Waals surface area contributed by atoms with Crippen molar-refractivity contribution < 1.29 is 0 Å². The Morgan fingerprint density at radius 3 is 2.78 bits per heavy atom. The first-order valence-electron chi connectivity index (χ1n) is 7.29. The summed E-state index contributed by atoms with van der Waals surface area (Å²) in [6.45, 7) is 7.69. The van der Waals surface area contributed by atoms with E-state index < -0.39 is 0 Å². The fourth-order valence-electron chi connectivity index (χ4n) is 2.13. The van der Waals surface area contributed by atoms with Gasteiger partial charge in [-0.1, -0.05) is 19.9 Å². The molecule has 1 aliphatic rings. The molecule has 2 rings (SSSR count). The smallest absolute Gasteiger partial charge is 0.130 e. The van der Waals surface area contributed by atoms with Crippen LogP contribution in [-0.2, 0) is 0 Å². The highest BCUT2D eigenvalue weighted by Gasteiger charge is 2.24. The van der Waals surface area contributed by atoms with Crippen LogP contribution in [0, 0.1) is 5.92 Å². The highest BCUT2D eigenvalue weighted by molar-refractivity contribution is 5.47. The van der Waals surface area contributed by atoms with Crippen LogP contribution >= 0.6 is 0 Å². The fourth-order valence-corrected chi connectivity index (χ4v) is 2.13. The molecule has 0 saturated heterocycles. The van der Waals surface area contributed by atoms with Crippen molar-refractivity contribution >= 4 is 11.6 Å². The molecule has 0 amide bonds. The highest BCUT2D eigenvalue weighted by Crippen LogP contribution is 2.31. The third kappa shape index (κ3) is 3.90. The van der Waals surface area contributed by atoms with Crippen molar-refractivity contribution in [1.29, 1.82) is 0 Å². The number of nitrogens with zero attached hydrogens (tertiary/aromatic N) is 2. The molecule has 1 heterocycles. The van der Waals surface area contributed by atoms with Crippen molar-refractivity contribution in [2.45, 2.75) is 39.5 Å². The first-order chi connectivity index (χ1) is 8.83. The summed E-state index contributed by atoms with van der Waals surface area (Å²) in [5.74, 6) is 3.04. The van der Waals surface area contributed by atoms with Crippen LogP contribution in [-0.4, -0.2) is 24.6 Å². The van der Waals surface area contributed by atoms with Crippen molar-refractivity contribution in [1.82, 2.24) is 4.98 Å². The predicted octanol–water partition coefficient (Wildman–Crippen LogP) is 3.53. The summed E-state index contributed by atoms with van der Waals surface area (Å²) < 4.78 is 0. The molecule has 1 N–H and O–H groups in total. The summed E-state index contributed by atoms with van der Waals surface area (Å²) in [5.41, 5.74) is 0.